The van der Waals surface area contributed by atoms with Gasteiger partial charge in [-0.2, -0.15) is 5.10 Å². The van der Waals surface area contributed by atoms with Gasteiger partial charge in [-0.25, -0.2) is 0 Å². The first-order chi connectivity index (χ1) is 7.85. The zero-order chi connectivity index (χ0) is 11.4. The third-order valence-electron chi connectivity index (χ3n) is 2.95. The van der Waals surface area contributed by atoms with Gasteiger partial charge in [-0.1, -0.05) is 13.3 Å². The second kappa shape index (κ2) is 5.25. The lowest BCUT2D eigenvalue weighted by Gasteiger charge is -2.22. The van der Waals surface area contributed by atoms with Crippen LogP contribution in [0.3, 0.4) is 0 Å². The van der Waals surface area contributed by atoms with Crippen LogP contribution in [-0.4, -0.2) is 22.8 Å². The van der Waals surface area contributed by atoms with Gasteiger partial charge in [-0.05, 0) is 31.4 Å². The summed E-state index contributed by atoms with van der Waals surface area (Å²) in [5.74, 6) is 1.01. The molecule has 1 aromatic heterocycles. The fourth-order valence-electron chi connectivity index (χ4n) is 1.81. The third-order valence-corrected chi connectivity index (χ3v) is 2.95. The Balaban J connectivity index is 2.05. The zero-order valence-corrected chi connectivity index (χ0v) is 9.89. The van der Waals surface area contributed by atoms with Crippen molar-refractivity contribution in [3.63, 3.8) is 0 Å². The van der Waals surface area contributed by atoms with Crippen molar-refractivity contribution in [2.75, 3.05) is 11.4 Å². The molecule has 2 N–H and O–H groups in total. The molecule has 2 rings (SSSR count). The van der Waals surface area contributed by atoms with Gasteiger partial charge in [-0.3, -0.25) is 0 Å². The topological polar surface area (TPSA) is 55.0 Å². The largest absolute Gasteiger partial charge is 0.352 e. The Hall–Kier alpha value is -1.16. The van der Waals surface area contributed by atoms with Crippen LogP contribution in [-0.2, 0) is 6.54 Å². The van der Waals surface area contributed by atoms with Crippen molar-refractivity contribution in [3.8, 4) is 0 Å². The van der Waals surface area contributed by atoms with Gasteiger partial charge >= 0.3 is 0 Å². The highest BCUT2D eigenvalue weighted by Gasteiger charge is 2.29. The van der Waals surface area contributed by atoms with Crippen molar-refractivity contribution in [1.82, 2.24) is 10.2 Å². The summed E-state index contributed by atoms with van der Waals surface area (Å²) in [5, 5.41) is 8.38. The van der Waals surface area contributed by atoms with Crippen molar-refractivity contribution in [1.29, 1.82) is 0 Å². The molecule has 88 valence electrons. The smallest absolute Gasteiger partial charge is 0.151 e. The molecule has 1 aliphatic carbocycles. The highest BCUT2D eigenvalue weighted by molar-refractivity contribution is 5.40. The number of hydrogen-bond donors (Lipinski definition) is 1. The summed E-state index contributed by atoms with van der Waals surface area (Å²) in [6.07, 6.45) is 5.03. The normalized spacial score (nSPS) is 15.1. The van der Waals surface area contributed by atoms with Gasteiger partial charge in [-0.15, -0.1) is 5.10 Å². The van der Waals surface area contributed by atoms with Gasteiger partial charge < -0.3 is 10.6 Å². The van der Waals surface area contributed by atoms with Gasteiger partial charge in [0.25, 0.3) is 0 Å². The number of rotatable bonds is 6. The Labute approximate surface area is 96.9 Å². The lowest BCUT2D eigenvalue weighted by atomic mass is 10.3. The molecule has 0 radical (unpaired) electrons. The number of anilines is 1. The second-order valence-corrected chi connectivity index (χ2v) is 4.37. The molecule has 0 bridgehead atoms. The molecule has 0 atom stereocenters. The predicted molar refractivity (Wildman–Crippen MR) is 65.2 cm³/mol. The number of nitrogens with zero attached hydrogens (tertiary/aromatic N) is 3. The number of nitrogens with two attached hydrogens (primary N) is 1. The number of hydrogen-bond acceptors (Lipinski definition) is 4. The Morgan fingerprint density at radius 2 is 2.19 bits per heavy atom. The SMILES string of the molecule is CCCCN(c1ccc(CN)nn1)C1CC1. The molecule has 1 aromatic rings. The number of unbranched alkanes of at least 4 members (excludes halogenated alkanes) is 1. The van der Waals surface area contributed by atoms with Gasteiger partial charge in [0.05, 0.1) is 5.69 Å². The highest BCUT2D eigenvalue weighted by Crippen LogP contribution is 2.30. The monoisotopic (exact) mass is 220 g/mol. The summed E-state index contributed by atoms with van der Waals surface area (Å²) >= 11 is 0. The van der Waals surface area contributed by atoms with Gasteiger partial charge in [0.2, 0.25) is 0 Å². The van der Waals surface area contributed by atoms with E-state index in [2.05, 4.69) is 22.0 Å². The van der Waals surface area contributed by atoms with Crippen LogP contribution >= 0.6 is 0 Å². The molecule has 0 aliphatic heterocycles. The minimum atomic E-state index is 0.464. The molecule has 4 heteroatoms. The van der Waals surface area contributed by atoms with E-state index in [0.717, 1.165) is 18.1 Å². The molecular weight excluding hydrogens is 200 g/mol. The standard InChI is InChI=1S/C12H20N4/c1-2-3-8-16(11-5-6-11)12-7-4-10(9-13)14-15-12/h4,7,11H,2-3,5-6,8-9,13H2,1H3. The first-order valence-electron chi connectivity index (χ1n) is 6.14. The van der Waals surface area contributed by atoms with Gasteiger partial charge in [0, 0.05) is 19.1 Å². The van der Waals surface area contributed by atoms with E-state index in [1.165, 1.54) is 25.7 Å². The summed E-state index contributed by atoms with van der Waals surface area (Å²) < 4.78 is 0. The quantitative estimate of drug-likeness (QED) is 0.793. The number of aromatic nitrogens is 2. The van der Waals surface area contributed by atoms with E-state index in [1.54, 1.807) is 0 Å². The minimum absolute atomic E-state index is 0.464. The fourth-order valence-corrected chi connectivity index (χ4v) is 1.81. The molecular formula is C12H20N4. The van der Waals surface area contributed by atoms with Crippen molar-refractivity contribution in [2.24, 2.45) is 5.73 Å². The van der Waals surface area contributed by atoms with Gasteiger partial charge in [0.1, 0.15) is 0 Å². The zero-order valence-electron chi connectivity index (χ0n) is 9.89. The summed E-state index contributed by atoms with van der Waals surface area (Å²) in [6, 6.07) is 4.72. The van der Waals surface area contributed by atoms with Crippen LogP contribution in [0.4, 0.5) is 5.82 Å². The first kappa shape index (κ1) is 11.3. The van der Waals surface area contributed by atoms with Crippen LogP contribution in [0.15, 0.2) is 12.1 Å². The Kier molecular flexibility index (Phi) is 3.72. The Bertz CT molecular complexity index is 318. The van der Waals surface area contributed by atoms with Crippen LogP contribution in [0, 0.1) is 0 Å². The molecule has 1 fully saturated rings. The molecule has 1 saturated carbocycles. The summed E-state index contributed by atoms with van der Waals surface area (Å²) in [4.78, 5) is 2.39. The maximum absolute atomic E-state index is 5.51. The average molecular weight is 220 g/mol. The van der Waals surface area contributed by atoms with E-state index >= 15 is 0 Å². The molecule has 0 unspecified atom stereocenters. The van der Waals surface area contributed by atoms with Gasteiger partial charge in [0.15, 0.2) is 5.82 Å². The van der Waals surface area contributed by atoms with Crippen molar-refractivity contribution in [2.45, 2.75) is 45.2 Å². The Morgan fingerprint density at radius 1 is 1.38 bits per heavy atom. The molecule has 0 amide bonds. The van der Waals surface area contributed by atoms with E-state index in [0.29, 0.717) is 12.6 Å². The van der Waals surface area contributed by atoms with Crippen LogP contribution in [0.2, 0.25) is 0 Å². The molecule has 1 aliphatic rings. The second-order valence-electron chi connectivity index (χ2n) is 4.37. The molecule has 0 aromatic carbocycles. The third kappa shape index (κ3) is 2.70. The van der Waals surface area contributed by atoms with E-state index in [-0.39, 0.29) is 0 Å². The fraction of sp³-hybridized carbons (Fsp3) is 0.667. The molecule has 1 heterocycles. The highest BCUT2D eigenvalue weighted by atomic mass is 15.3. The van der Waals surface area contributed by atoms with Crippen LogP contribution in [0.25, 0.3) is 0 Å². The van der Waals surface area contributed by atoms with Crippen molar-refractivity contribution >= 4 is 5.82 Å². The molecule has 16 heavy (non-hydrogen) atoms. The van der Waals surface area contributed by atoms with Crippen molar-refractivity contribution in [3.05, 3.63) is 17.8 Å². The van der Waals surface area contributed by atoms with E-state index in [9.17, 15) is 0 Å². The molecule has 0 saturated heterocycles. The Morgan fingerprint density at radius 3 is 2.69 bits per heavy atom. The summed E-state index contributed by atoms with van der Waals surface area (Å²) in [6.45, 7) is 3.78. The maximum Gasteiger partial charge on any atom is 0.151 e. The lowest BCUT2D eigenvalue weighted by Crippen LogP contribution is -2.28. The van der Waals surface area contributed by atoms with Crippen LogP contribution in [0.1, 0.15) is 38.3 Å². The summed E-state index contributed by atoms with van der Waals surface area (Å²) in [7, 11) is 0. The minimum Gasteiger partial charge on any atom is -0.352 e. The summed E-state index contributed by atoms with van der Waals surface area (Å²) in [5.41, 5.74) is 6.37. The predicted octanol–water partition coefficient (Wildman–Crippen LogP) is 1.70. The first-order valence-corrected chi connectivity index (χ1v) is 6.14. The van der Waals surface area contributed by atoms with Crippen LogP contribution < -0.4 is 10.6 Å². The molecule has 4 nitrogen and oxygen atoms in total. The van der Waals surface area contributed by atoms with E-state index in [1.807, 2.05) is 12.1 Å². The van der Waals surface area contributed by atoms with E-state index < -0.39 is 0 Å². The van der Waals surface area contributed by atoms with E-state index in [4.69, 9.17) is 5.73 Å². The molecule has 0 spiro atoms. The maximum atomic E-state index is 5.51. The lowest BCUT2D eigenvalue weighted by molar-refractivity contribution is 0.696. The van der Waals surface area contributed by atoms with Crippen molar-refractivity contribution < 1.29 is 0 Å². The average Bonchev–Trinajstić information content (AvgIpc) is 3.15. The van der Waals surface area contributed by atoms with Crippen LogP contribution in [0.5, 0.6) is 0 Å².